The van der Waals surface area contributed by atoms with Crippen molar-refractivity contribution in [2.75, 3.05) is 11.9 Å². The number of nitrogens with one attached hydrogen (secondary N) is 1. The van der Waals surface area contributed by atoms with E-state index in [1.54, 1.807) is 23.8 Å². The van der Waals surface area contributed by atoms with Crippen LogP contribution in [-0.4, -0.2) is 11.1 Å². The summed E-state index contributed by atoms with van der Waals surface area (Å²) in [7, 11) is 1.78. The molecule has 0 radical (unpaired) electrons. The van der Waals surface area contributed by atoms with Crippen LogP contribution in [-0.2, 0) is 7.05 Å². The minimum absolute atomic E-state index is 0.00902. The molecule has 0 saturated carbocycles. The SMILES string of the molecule is C=CCNc1cc(=O)n(C)c2ccccc12. The van der Waals surface area contributed by atoms with Crippen molar-refractivity contribution in [3.05, 3.63) is 53.3 Å². The third-order valence-corrected chi connectivity index (χ3v) is 2.59. The Kier molecular flexibility index (Phi) is 2.77. The van der Waals surface area contributed by atoms with Gasteiger partial charge in [-0.3, -0.25) is 4.79 Å². The van der Waals surface area contributed by atoms with Gasteiger partial charge >= 0.3 is 0 Å². The van der Waals surface area contributed by atoms with Crippen LogP contribution >= 0.6 is 0 Å². The van der Waals surface area contributed by atoms with Crippen LogP contribution in [0.5, 0.6) is 0 Å². The lowest BCUT2D eigenvalue weighted by Gasteiger charge is -2.10. The predicted molar refractivity (Wildman–Crippen MR) is 67.9 cm³/mol. The van der Waals surface area contributed by atoms with Gasteiger partial charge in [-0.2, -0.15) is 0 Å². The highest BCUT2D eigenvalue weighted by Gasteiger charge is 2.04. The summed E-state index contributed by atoms with van der Waals surface area (Å²) in [5.41, 5.74) is 1.78. The van der Waals surface area contributed by atoms with Gasteiger partial charge in [0.1, 0.15) is 0 Å². The van der Waals surface area contributed by atoms with E-state index in [1.165, 1.54) is 0 Å². The topological polar surface area (TPSA) is 34.0 Å². The van der Waals surface area contributed by atoms with Gasteiger partial charge in [-0.1, -0.05) is 24.3 Å². The van der Waals surface area contributed by atoms with Crippen LogP contribution in [0, 0.1) is 0 Å². The maximum atomic E-state index is 11.7. The number of para-hydroxylation sites is 1. The first-order valence-corrected chi connectivity index (χ1v) is 5.17. The molecule has 3 heteroatoms. The monoisotopic (exact) mass is 214 g/mol. The lowest BCUT2D eigenvalue weighted by atomic mass is 10.2. The molecule has 16 heavy (non-hydrogen) atoms. The van der Waals surface area contributed by atoms with Gasteiger partial charge < -0.3 is 9.88 Å². The molecule has 82 valence electrons. The van der Waals surface area contributed by atoms with E-state index in [1.807, 2.05) is 24.3 Å². The molecule has 0 aliphatic rings. The summed E-state index contributed by atoms with van der Waals surface area (Å²) in [6.07, 6.45) is 1.77. The summed E-state index contributed by atoms with van der Waals surface area (Å²) in [5, 5.41) is 4.22. The molecule has 0 bridgehead atoms. The van der Waals surface area contributed by atoms with Gasteiger partial charge in [0.05, 0.1) is 5.52 Å². The van der Waals surface area contributed by atoms with Crippen molar-refractivity contribution in [3.8, 4) is 0 Å². The van der Waals surface area contributed by atoms with Crippen molar-refractivity contribution in [2.45, 2.75) is 0 Å². The summed E-state index contributed by atoms with van der Waals surface area (Å²) < 4.78 is 1.65. The molecule has 0 aliphatic heterocycles. The molecular formula is C13H14N2O. The Bertz CT molecular complexity index is 584. The molecule has 0 spiro atoms. The lowest BCUT2D eigenvalue weighted by Crippen LogP contribution is -2.17. The van der Waals surface area contributed by atoms with Crippen molar-refractivity contribution in [2.24, 2.45) is 7.05 Å². The first kappa shape index (κ1) is 10.5. The van der Waals surface area contributed by atoms with Gasteiger partial charge in [-0.15, -0.1) is 6.58 Å². The Morgan fingerprint density at radius 1 is 1.44 bits per heavy atom. The number of aromatic nitrogens is 1. The number of benzene rings is 1. The zero-order valence-corrected chi connectivity index (χ0v) is 9.23. The van der Waals surface area contributed by atoms with Gasteiger partial charge in [-0.25, -0.2) is 0 Å². The van der Waals surface area contributed by atoms with E-state index in [0.717, 1.165) is 16.6 Å². The Hall–Kier alpha value is -2.03. The average molecular weight is 214 g/mol. The van der Waals surface area contributed by atoms with Gasteiger partial charge in [-0.05, 0) is 6.07 Å². The van der Waals surface area contributed by atoms with Gasteiger partial charge in [0, 0.05) is 30.7 Å². The Morgan fingerprint density at radius 2 is 2.19 bits per heavy atom. The second-order valence-electron chi connectivity index (χ2n) is 3.64. The van der Waals surface area contributed by atoms with Crippen LogP contribution in [0.2, 0.25) is 0 Å². The molecule has 0 saturated heterocycles. The molecule has 1 aromatic carbocycles. The average Bonchev–Trinajstić information content (AvgIpc) is 2.32. The maximum Gasteiger partial charge on any atom is 0.252 e. The van der Waals surface area contributed by atoms with Gasteiger partial charge in [0.2, 0.25) is 0 Å². The standard InChI is InChI=1S/C13H14N2O/c1-3-8-14-11-9-13(16)15(2)12-7-5-4-6-10(11)12/h3-7,9,14H,1,8H2,2H3. The molecule has 3 nitrogen and oxygen atoms in total. The molecule has 0 atom stereocenters. The van der Waals surface area contributed by atoms with Gasteiger partial charge in [0.25, 0.3) is 5.56 Å². The molecule has 1 heterocycles. The number of anilines is 1. The van der Waals surface area contributed by atoms with Crippen LogP contribution in [0.1, 0.15) is 0 Å². The van der Waals surface area contributed by atoms with Crippen LogP contribution in [0.3, 0.4) is 0 Å². The fraction of sp³-hybridized carbons (Fsp3) is 0.154. The second kappa shape index (κ2) is 4.23. The van der Waals surface area contributed by atoms with E-state index in [4.69, 9.17) is 0 Å². The summed E-state index contributed by atoms with van der Waals surface area (Å²) in [6.45, 7) is 4.30. The van der Waals surface area contributed by atoms with Crippen molar-refractivity contribution in [3.63, 3.8) is 0 Å². The Labute approximate surface area is 94.0 Å². The van der Waals surface area contributed by atoms with E-state index in [0.29, 0.717) is 6.54 Å². The van der Waals surface area contributed by atoms with E-state index >= 15 is 0 Å². The number of fused-ring (bicyclic) bond motifs is 1. The minimum atomic E-state index is -0.00902. The summed E-state index contributed by atoms with van der Waals surface area (Å²) in [4.78, 5) is 11.7. The molecule has 1 N–H and O–H groups in total. The van der Waals surface area contributed by atoms with Crippen LogP contribution in [0.25, 0.3) is 10.9 Å². The highest BCUT2D eigenvalue weighted by Crippen LogP contribution is 2.20. The molecule has 0 amide bonds. The quantitative estimate of drug-likeness (QED) is 0.794. The molecule has 2 rings (SSSR count). The normalized spacial score (nSPS) is 10.3. The van der Waals surface area contributed by atoms with Crippen LogP contribution < -0.4 is 10.9 Å². The third-order valence-electron chi connectivity index (χ3n) is 2.59. The zero-order valence-electron chi connectivity index (χ0n) is 9.23. The first-order chi connectivity index (χ1) is 7.74. The number of nitrogens with zero attached hydrogens (tertiary/aromatic N) is 1. The van der Waals surface area contributed by atoms with Crippen LogP contribution in [0.4, 0.5) is 5.69 Å². The minimum Gasteiger partial charge on any atom is -0.381 e. The third kappa shape index (κ3) is 1.72. The predicted octanol–water partition coefficient (Wildman–Crippen LogP) is 2.14. The fourth-order valence-corrected chi connectivity index (χ4v) is 1.74. The second-order valence-corrected chi connectivity index (χ2v) is 3.64. The van der Waals surface area contributed by atoms with Crippen molar-refractivity contribution in [1.82, 2.24) is 4.57 Å². The molecule has 0 aliphatic carbocycles. The summed E-state index contributed by atoms with van der Waals surface area (Å²) >= 11 is 0. The summed E-state index contributed by atoms with van der Waals surface area (Å²) in [5.74, 6) is 0. The van der Waals surface area contributed by atoms with Crippen molar-refractivity contribution >= 4 is 16.6 Å². The number of rotatable bonds is 3. The highest BCUT2D eigenvalue weighted by atomic mass is 16.1. The zero-order chi connectivity index (χ0) is 11.5. The largest absolute Gasteiger partial charge is 0.381 e. The first-order valence-electron chi connectivity index (χ1n) is 5.17. The molecular weight excluding hydrogens is 200 g/mol. The molecule has 0 fully saturated rings. The van der Waals surface area contributed by atoms with E-state index in [-0.39, 0.29) is 5.56 Å². The number of aryl methyl sites for hydroxylation is 1. The number of pyridine rings is 1. The van der Waals surface area contributed by atoms with Crippen molar-refractivity contribution in [1.29, 1.82) is 0 Å². The highest BCUT2D eigenvalue weighted by molar-refractivity contribution is 5.91. The fourth-order valence-electron chi connectivity index (χ4n) is 1.74. The number of hydrogen-bond donors (Lipinski definition) is 1. The molecule has 0 unspecified atom stereocenters. The molecule has 2 aromatic rings. The van der Waals surface area contributed by atoms with Crippen molar-refractivity contribution < 1.29 is 0 Å². The smallest absolute Gasteiger partial charge is 0.252 e. The maximum absolute atomic E-state index is 11.7. The number of hydrogen-bond acceptors (Lipinski definition) is 2. The Balaban J connectivity index is 2.69. The molecule has 1 aromatic heterocycles. The summed E-state index contributed by atoms with van der Waals surface area (Å²) in [6, 6.07) is 9.45. The van der Waals surface area contributed by atoms with Crippen LogP contribution in [0.15, 0.2) is 47.8 Å². The Morgan fingerprint density at radius 3 is 2.94 bits per heavy atom. The van der Waals surface area contributed by atoms with Gasteiger partial charge in [0.15, 0.2) is 0 Å². The van der Waals surface area contributed by atoms with E-state index in [2.05, 4.69) is 11.9 Å². The van der Waals surface area contributed by atoms with E-state index < -0.39 is 0 Å². The lowest BCUT2D eigenvalue weighted by molar-refractivity contribution is 0.906. The van der Waals surface area contributed by atoms with E-state index in [9.17, 15) is 4.79 Å².